The highest BCUT2D eigenvalue weighted by Gasteiger charge is 2.20. The molecule has 3 N–H and O–H groups in total. The van der Waals surface area contributed by atoms with Gasteiger partial charge in [0.25, 0.3) is 0 Å². The molecule has 0 atom stereocenters. The number of carbonyl (C=O) groups is 2. The van der Waals surface area contributed by atoms with Crippen LogP contribution in [0.4, 0.5) is 21.0 Å². The van der Waals surface area contributed by atoms with Gasteiger partial charge < -0.3 is 20.7 Å². The summed E-state index contributed by atoms with van der Waals surface area (Å²) in [5.74, 6) is 6.55. The number of anilines is 2. The predicted molar refractivity (Wildman–Crippen MR) is 104 cm³/mol. The summed E-state index contributed by atoms with van der Waals surface area (Å²) in [5, 5.41) is 8.16. The van der Waals surface area contributed by atoms with Crippen LogP contribution in [0.25, 0.3) is 0 Å². The highest BCUT2D eigenvalue weighted by atomic mass is 16.5. The van der Waals surface area contributed by atoms with Crippen LogP contribution in [0.1, 0.15) is 5.56 Å². The van der Waals surface area contributed by atoms with Crippen LogP contribution in [0, 0.1) is 11.8 Å². The second-order valence-corrected chi connectivity index (χ2v) is 5.77. The Balaban J connectivity index is 1.48. The molecule has 1 fully saturated rings. The highest BCUT2D eigenvalue weighted by Crippen LogP contribution is 2.17. The molecule has 1 aliphatic rings. The fourth-order valence-electron chi connectivity index (χ4n) is 2.59. The first-order valence-electron chi connectivity index (χ1n) is 8.49. The average Bonchev–Trinajstić information content (AvgIpc) is 3.12. The van der Waals surface area contributed by atoms with E-state index in [1.165, 1.54) is 0 Å². The molecule has 7 nitrogen and oxygen atoms in total. The second kappa shape index (κ2) is 8.63. The fraction of sp³-hybridized carbons (Fsp3) is 0.200. The van der Waals surface area contributed by atoms with E-state index >= 15 is 0 Å². The third-order valence-electron chi connectivity index (χ3n) is 3.93. The molecule has 2 aromatic carbocycles. The van der Waals surface area contributed by atoms with E-state index < -0.39 is 0 Å². The van der Waals surface area contributed by atoms with Gasteiger partial charge in [-0.2, -0.15) is 0 Å². The first kappa shape index (κ1) is 18.1. The number of urea groups is 2. The molecule has 1 aliphatic heterocycles. The van der Waals surface area contributed by atoms with Crippen molar-refractivity contribution in [1.82, 2.24) is 10.6 Å². The molecule has 1 heterocycles. The molecule has 0 bridgehead atoms. The number of carbonyl (C=O) groups excluding carboxylic acids is 2. The van der Waals surface area contributed by atoms with Crippen LogP contribution in [-0.4, -0.2) is 38.8 Å². The number of amides is 4. The van der Waals surface area contributed by atoms with Crippen molar-refractivity contribution in [2.45, 2.75) is 0 Å². The molecule has 0 saturated carbocycles. The van der Waals surface area contributed by atoms with E-state index in [0.717, 1.165) is 11.3 Å². The van der Waals surface area contributed by atoms with E-state index in [-0.39, 0.29) is 18.6 Å². The van der Waals surface area contributed by atoms with Gasteiger partial charge in [-0.05, 0) is 36.4 Å². The lowest BCUT2D eigenvalue weighted by Gasteiger charge is -2.13. The third-order valence-corrected chi connectivity index (χ3v) is 3.93. The van der Waals surface area contributed by atoms with Gasteiger partial charge in [0.1, 0.15) is 5.75 Å². The summed E-state index contributed by atoms with van der Waals surface area (Å²) in [7, 11) is 1.57. The van der Waals surface area contributed by atoms with Gasteiger partial charge in [0.2, 0.25) is 0 Å². The first-order valence-corrected chi connectivity index (χ1v) is 8.49. The van der Waals surface area contributed by atoms with Gasteiger partial charge in [0.15, 0.2) is 0 Å². The van der Waals surface area contributed by atoms with Gasteiger partial charge in [-0.1, -0.05) is 17.9 Å². The number of nitrogens with zero attached hydrogens (tertiary/aromatic N) is 1. The third kappa shape index (κ3) is 4.92. The van der Waals surface area contributed by atoms with E-state index in [9.17, 15) is 9.59 Å². The van der Waals surface area contributed by atoms with Crippen molar-refractivity contribution in [3.8, 4) is 17.6 Å². The fourth-order valence-corrected chi connectivity index (χ4v) is 2.59. The van der Waals surface area contributed by atoms with Gasteiger partial charge in [-0.3, -0.25) is 4.90 Å². The summed E-state index contributed by atoms with van der Waals surface area (Å²) in [6.07, 6.45) is 0. The molecule has 0 aromatic heterocycles. The molecule has 0 aliphatic carbocycles. The molecular formula is C20H20N4O3. The van der Waals surface area contributed by atoms with Crippen LogP contribution in [0.2, 0.25) is 0 Å². The second-order valence-electron chi connectivity index (χ2n) is 5.77. The van der Waals surface area contributed by atoms with E-state index in [1.54, 1.807) is 36.3 Å². The van der Waals surface area contributed by atoms with Crippen molar-refractivity contribution < 1.29 is 14.3 Å². The topological polar surface area (TPSA) is 82.7 Å². The number of benzene rings is 2. The number of ether oxygens (including phenoxy) is 1. The zero-order valence-electron chi connectivity index (χ0n) is 14.9. The van der Waals surface area contributed by atoms with Gasteiger partial charge in [0.05, 0.1) is 13.7 Å². The summed E-state index contributed by atoms with van der Waals surface area (Å²) < 4.78 is 5.11. The molecule has 138 valence electrons. The van der Waals surface area contributed by atoms with Gasteiger partial charge in [0, 0.05) is 36.1 Å². The average molecular weight is 364 g/mol. The van der Waals surface area contributed by atoms with Crippen molar-refractivity contribution in [1.29, 1.82) is 0 Å². The molecule has 3 rings (SSSR count). The number of rotatable bonds is 4. The maximum absolute atomic E-state index is 11.9. The van der Waals surface area contributed by atoms with Crippen LogP contribution >= 0.6 is 0 Å². The predicted octanol–water partition coefficient (Wildman–Crippen LogP) is 2.40. The van der Waals surface area contributed by atoms with Gasteiger partial charge in [-0.15, -0.1) is 0 Å². The standard InChI is InChI=1S/C20H20N4O3/c1-27-18-6-2-5-16(14-18)23-19(25)21-11-3-4-15-7-9-17(10-8-15)24-13-12-22-20(24)26/h2,5-10,14H,11-13H2,1H3,(H,22,26)(H2,21,23,25). The van der Waals surface area contributed by atoms with Crippen molar-refractivity contribution in [2.24, 2.45) is 0 Å². The number of methoxy groups -OCH3 is 1. The van der Waals surface area contributed by atoms with E-state index in [4.69, 9.17) is 4.74 Å². The van der Waals surface area contributed by atoms with Crippen molar-refractivity contribution in [3.05, 3.63) is 54.1 Å². The zero-order chi connectivity index (χ0) is 19.1. The van der Waals surface area contributed by atoms with Crippen molar-refractivity contribution in [2.75, 3.05) is 37.0 Å². The van der Waals surface area contributed by atoms with Crippen LogP contribution in [0.5, 0.6) is 5.75 Å². The Kier molecular flexibility index (Phi) is 5.80. The minimum atomic E-state index is -0.340. The SMILES string of the molecule is COc1cccc(NC(=O)NCC#Cc2ccc(N3CCNC3=O)cc2)c1. The van der Waals surface area contributed by atoms with Crippen LogP contribution in [0.15, 0.2) is 48.5 Å². The number of hydrogen-bond donors (Lipinski definition) is 3. The quantitative estimate of drug-likeness (QED) is 0.729. The molecular weight excluding hydrogens is 344 g/mol. The summed E-state index contributed by atoms with van der Waals surface area (Å²) in [5.41, 5.74) is 2.29. The smallest absolute Gasteiger partial charge is 0.321 e. The Hall–Kier alpha value is -3.66. The van der Waals surface area contributed by atoms with E-state index in [2.05, 4.69) is 27.8 Å². The Morgan fingerprint density at radius 3 is 2.78 bits per heavy atom. The van der Waals surface area contributed by atoms with Crippen LogP contribution in [0.3, 0.4) is 0 Å². The van der Waals surface area contributed by atoms with Crippen molar-refractivity contribution in [3.63, 3.8) is 0 Å². The highest BCUT2D eigenvalue weighted by molar-refractivity contribution is 5.94. The molecule has 7 heteroatoms. The van der Waals surface area contributed by atoms with Crippen LogP contribution in [-0.2, 0) is 0 Å². The Bertz CT molecular complexity index is 884. The Morgan fingerprint density at radius 1 is 1.26 bits per heavy atom. The van der Waals surface area contributed by atoms with Crippen molar-refractivity contribution >= 4 is 23.4 Å². The van der Waals surface area contributed by atoms with Gasteiger partial charge in [-0.25, -0.2) is 9.59 Å². The lowest BCUT2D eigenvalue weighted by Crippen LogP contribution is -2.28. The lowest BCUT2D eigenvalue weighted by atomic mass is 10.2. The lowest BCUT2D eigenvalue weighted by molar-refractivity contribution is 0.251. The molecule has 2 aromatic rings. The minimum Gasteiger partial charge on any atom is -0.497 e. The maximum Gasteiger partial charge on any atom is 0.321 e. The van der Waals surface area contributed by atoms with Crippen LogP contribution < -0.4 is 25.6 Å². The first-order chi connectivity index (χ1) is 13.2. The van der Waals surface area contributed by atoms with Gasteiger partial charge >= 0.3 is 12.1 Å². The van der Waals surface area contributed by atoms with E-state index in [0.29, 0.717) is 24.5 Å². The normalized spacial score (nSPS) is 12.6. The zero-order valence-corrected chi connectivity index (χ0v) is 14.9. The summed E-state index contributed by atoms with van der Waals surface area (Å²) >= 11 is 0. The molecule has 4 amide bonds. The largest absolute Gasteiger partial charge is 0.497 e. The molecule has 1 saturated heterocycles. The Morgan fingerprint density at radius 2 is 2.07 bits per heavy atom. The minimum absolute atomic E-state index is 0.0833. The molecule has 27 heavy (non-hydrogen) atoms. The number of hydrogen-bond acceptors (Lipinski definition) is 3. The number of nitrogens with one attached hydrogen (secondary N) is 3. The molecule has 0 spiro atoms. The summed E-state index contributed by atoms with van der Waals surface area (Å²) in [6, 6.07) is 14.1. The molecule has 0 unspecified atom stereocenters. The maximum atomic E-state index is 11.9. The summed E-state index contributed by atoms with van der Waals surface area (Å²) in [4.78, 5) is 25.2. The monoisotopic (exact) mass is 364 g/mol. The Labute approximate surface area is 157 Å². The molecule has 0 radical (unpaired) electrons. The summed E-state index contributed by atoms with van der Waals surface area (Å²) in [6.45, 7) is 1.53. The van der Waals surface area contributed by atoms with E-state index in [1.807, 2.05) is 24.3 Å².